The van der Waals surface area contributed by atoms with E-state index in [2.05, 4.69) is 0 Å². The molecular formula is C17H26O4. The minimum atomic E-state index is -0.570. The van der Waals surface area contributed by atoms with Gasteiger partial charge in [-0.05, 0) is 5.56 Å². The van der Waals surface area contributed by atoms with E-state index in [1.54, 1.807) is 14.2 Å². The molecule has 21 heavy (non-hydrogen) atoms. The van der Waals surface area contributed by atoms with Crippen LogP contribution in [-0.4, -0.2) is 39.3 Å². The first-order chi connectivity index (χ1) is 10.0. The van der Waals surface area contributed by atoms with E-state index in [0.29, 0.717) is 19.6 Å². The van der Waals surface area contributed by atoms with Gasteiger partial charge in [0.2, 0.25) is 0 Å². The zero-order valence-corrected chi connectivity index (χ0v) is 13.4. The fourth-order valence-electron chi connectivity index (χ4n) is 2.09. The molecule has 0 spiro atoms. The molecule has 0 aliphatic rings. The summed E-state index contributed by atoms with van der Waals surface area (Å²) in [7, 11) is 3.28. The predicted octanol–water partition coefficient (Wildman–Crippen LogP) is 2.85. The molecule has 0 saturated heterocycles. The molecule has 0 radical (unpaired) electrons. The second-order valence-electron chi connectivity index (χ2n) is 5.77. The largest absolute Gasteiger partial charge is 0.382 e. The van der Waals surface area contributed by atoms with Crippen LogP contribution in [0.2, 0.25) is 0 Å². The molecule has 0 aromatic heterocycles. The number of carbonyl (C=O) groups excluding carboxylic acids is 1. The number of hydrogen-bond donors (Lipinski definition) is 0. The van der Waals surface area contributed by atoms with Gasteiger partial charge in [0.05, 0.1) is 25.4 Å². The normalized spacial score (nSPS) is 14.7. The first-order valence-electron chi connectivity index (χ1n) is 7.17. The topological polar surface area (TPSA) is 44.8 Å². The molecule has 118 valence electrons. The lowest BCUT2D eigenvalue weighted by atomic mass is 9.85. The maximum atomic E-state index is 11.4. The number of rotatable bonds is 10. The number of carbonyl (C=O) groups is 1. The smallest absolute Gasteiger partial charge is 0.128 e. The Morgan fingerprint density at radius 3 is 2.38 bits per heavy atom. The van der Waals surface area contributed by atoms with E-state index in [1.165, 1.54) is 0 Å². The van der Waals surface area contributed by atoms with Crippen molar-refractivity contribution in [3.05, 3.63) is 35.9 Å². The molecule has 0 N–H and O–H groups in total. The summed E-state index contributed by atoms with van der Waals surface area (Å²) in [5.41, 5.74) is 0.518. The SMILES string of the molecule is COCC(C[C@@H](OCc1ccccc1)C(C)(C)C=O)OC. The molecule has 1 rings (SSSR count). The minimum Gasteiger partial charge on any atom is -0.382 e. The third kappa shape index (κ3) is 5.96. The molecule has 0 aliphatic carbocycles. The molecule has 1 unspecified atom stereocenters. The van der Waals surface area contributed by atoms with E-state index in [0.717, 1.165) is 11.8 Å². The van der Waals surface area contributed by atoms with Gasteiger partial charge in [0.1, 0.15) is 6.29 Å². The zero-order valence-electron chi connectivity index (χ0n) is 13.4. The minimum absolute atomic E-state index is 0.0880. The van der Waals surface area contributed by atoms with Crippen molar-refractivity contribution in [1.29, 1.82) is 0 Å². The van der Waals surface area contributed by atoms with Crippen LogP contribution in [0.1, 0.15) is 25.8 Å². The first-order valence-corrected chi connectivity index (χ1v) is 7.17. The summed E-state index contributed by atoms with van der Waals surface area (Å²) in [6.07, 6.45) is 1.25. The lowest BCUT2D eigenvalue weighted by Crippen LogP contribution is -2.38. The van der Waals surface area contributed by atoms with E-state index in [9.17, 15) is 4.79 Å². The van der Waals surface area contributed by atoms with Gasteiger partial charge in [0.15, 0.2) is 0 Å². The molecule has 1 aromatic carbocycles. The van der Waals surface area contributed by atoms with E-state index in [4.69, 9.17) is 14.2 Å². The molecule has 1 aromatic rings. The Bertz CT molecular complexity index is 403. The van der Waals surface area contributed by atoms with Crippen molar-refractivity contribution < 1.29 is 19.0 Å². The first kappa shape index (κ1) is 17.8. The molecule has 2 atom stereocenters. The Hall–Kier alpha value is -1.23. The zero-order chi connectivity index (χ0) is 15.7. The molecule has 0 fully saturated rings. The highest BCUT2D eigenvalue weighted by molar-refractivity contribution is 5.59. The summed E-state index contributed by atoms with van der Waals surface area (Å²) in [5.74, 6) is 0. The Kier molecular flexibility index (Phi) is 7.57. The van der Waals surface area contributed by atoms with Gasteiger partial charge in [-0.3, -0.25) is 0 Å². The van der Waals surface area contributed by atoms with Gasteiger partial charge in [-0.1, -0.05) is 44.2 Å². The van der Waals surface area contributed by atoms with Crippen molar-refractivity contribution in [1.82, 2.24) is 0 Å². The van der Waals surface area contributed by atoms with Gasteiger partial charge >= 0.3 is 0 Å². The van der Waals surface area contributed by atoms with Crippen LogP contribution in [0.3, 0.4) is 0 Å². The third-order valence-electron chi connectivity index (χ3n) is 3.59. The molecule has 0 amide bonds. The lowest BCUT2D eigenvalue weighted by Gasteiger charge is -2.32. The van der Waals surface area contributed by atoms with Crippen molar-refractivity contribution in [2.24, 2.45) is 5.41 Å². The van der Waals surface area contributed by atoms with Crippen molar-refractivity contribution >= 4 is 6.29 Å². The van der Waals surface area contributed by atoms with Gasteiger partial charge in [-0.15, -0.1) is 0 Å². The van der Waals surface area contributed by atoms with Crippen LogP contribution in [0, 0.1) is 5.41 Å². The average molecular weight is 294 g/mol. The molecule has 4 nitrogen and oxygen atoms in total. The van der Waals surface area contributed by atoms with Crippen LogP contribution < -0.4 is 0 Å². The van der Waals surface area contributed by atoms with Crippen LogP contribution in [-0.2, 0) is 25.6 Å². The van der Waals surface area contributed by atoms with E-state index < -0.39 is 5.41 Å². The number of hydrogen-bond acceptors (Lipinski definition) is 4. The fourth-order valence-corrected chi connectivity index (χ4v) is 2.09. The van der Waals surface area contributed by atoms with Crippen LogP contribution in [0.5, 0.6) is 0 Å². The van der Waals surface area contributed by atoms with Gasteiger partial charge in [-0.25, -0.2) is 0 Å². The highest BCUT2D eigenvalue weighted by Gasteiger charge is 2.32. The third-order valence-corrected chi connectivity index (χ3v) is 3.59. The van der Waals surface area contributed by atoms with Crippen LogP contribution in [0.15, 0.2) is 30.3 Å². The molecule has 0 bridgehead atoms. The van der Waals surface area contributed by atoms with Crippen molar-refractivity contribution in [3.63, 3.8) is 0 Å². The standard InChI is InChI=1S/C17H26O4/c1-17(2,13-18)16(10-15(20-4)12-19-3)21-11-14-8-6-5-7-9-14/h5-9,13,15-16H,10-12H2,1-4H3/t15?,16-/m1/s1. The van der Waals surface area contributed by atoms with Crippen molar-refractivity contribution in [3.8, 4) is 0 Å². The summed E-state index contributed by atoms with van der Waals surface area (Å²) in [4.78, 5) is 11.4. The summed E-state index contributed by atoms with van der Waals surface area (Å²) >= 11 is 0. The highest BCUT2D eigenvalue weighted by atomic mass is 16.5. The predicted molar refractivity (Wildman–Crippen MR) is 82.2 cm³/mol. The van der Waals surface area contributed by atoms with Crippen molar-refractivity contribution in [2.75, 3.05) is 20.8 Å². The summed E-state index contributed by atoms with van der Waals surface area (Å²) in [6.45, 7) is 4.73. The van der Waals surface area contributed by atoms with Crippen LogP contribution >= 0.6 is 0 Å². The quantitative estimate of drug-likeness (QED) is 0.622. The van der Waals surface area contributed by atoms with Gasteiger partial charge < -0.3 is 19.0 Å². The van der Waals surface area contributed by atoms with Gasteiger partial charge in [0, 0.05) is 26.1 Å². The summed E-state index contributed by atoms with van der Waals surface area (Å²) in [6, 6.07) is 9.93. The Morgan fingerprint density at radius 2 is 1.86 bits per heavy atom. The van der Waals surface area contributed by atoms with Crippen LogP contribution in [0.25, 0.3) is 0 Å². The van der Waals surface area contributed by atoms with E-state index >= 15 is 0 Å². The van der Waals surface area contributed by atoms with E-state index in [-0.39, 0.29) is 12.2 Å². The summed E-state index contributed by atoms with van der Waals surface area (Å²) < 4.78 is 16.5. The molecule has 4 heteroatoms. The molecule has 0 heterocycles. The van der Waals surface area contributed by atoms with Crippen molar-refractivity contribution in [2.45, 2.75) is 39.1 Å². The summed E-state index contributed by atoms with van der Waals surface area (Å²) in [5, 5.41) is 0. The Morgan fingerprint density at radius 1 is 1.19 bits per heavy atom. The van der Waals surface area contributed by atoms with Gasteiger partial charge in [-0.2, -0.15) is 0 Å². The monoisotopic (exact) mass is 294 g/mol. The maximum absolute atomic E-state index is 11.4. The number of benzene rings is 1. The molecular weight excluding hydrogens is 268 g/mol. The maximum Gasteiger partial charge on any atom is 0.128 e. The molecule has 0 aliphatic heterocycles. The van der Waals surface area contributed by atoms with Crippen LogP contribution in [0.4, 0.5) is 0 Å². The number of ether oxygens (including phenoxy) is 3. The fraction of sp³-hybridized carbons (Fsp3) is 0.588. The molecule has 0 saturated carbocycles. The number of aldehydes is 1. The number of methoxy groups -OCH3 is 2. The van der Waals surface area contributed by atoms with E-state index in [1.807, 2.05) is 44.2 Å². The van der Waals surface area contributed by atoms with Gasteiger partial charge in [0.25, 0.3) is 0 Å². The second kappa shape index (κ2) is 8.93. The average Bonchev–Trinajstić information content (AvgIpc) is 2.51. The Balaban J connectivity index is 2.70. The highest BCUT2D eigenvalue weighted by Crippen LogP contribution is 2.26. The lowest BCUT2D eigenvalue weighted by molar-refractivity contribution is -0.128. The second-order valence-corrected chi connectivity index (χ2v) is 5.77. The Labute approximate surface area is 127 Å².